The summed E-state index contributed by atoms with van der Waals surface area (Å²) in [6.45, 7) is 4.65. The van der Waals surface area contributed by atoms with E-state index in [1.54, 1.807) is 11.3 Å². The third-order valence-electron chi connectivity index (χ3n) is 3.69. The predicted octanol–water partition coefficient (Wildman–Crippen LogP) is 6.12. The molecule has 0 fully saturated rings. The molecule has 3 rings (SSSR count). The van der Waals surface area contributed by atoms with Crippen LogP contribution in [-0.4, -0.2) is 18.2 Å². The normalized spacial score (nSPS) is 13.8. The summed E-state index contributed by atoms with van der Waals surface area (Å²) in [5.74, 6) is 0. The highest BCUT2D eigenvalue weighted by Crippen LogP contribution is 2.51. The van der Waals surface area contributed by atoms with E-state index in [4.69, 9.17) is 9.05 Å². The van der Waals surface area contributed by atoms with Gasteiger partial charge in [-0.15, -0.1) is 11.3 Å². The summed E-state index contributed by atoms with van der Waals surface area (Å²) in [6, 6.07) is 16.1. The first kappa shape index (κ1) is 18.3. The van der Waals surface area contributed by atoms with Crippen LogP contribution in [0, 0.1) is 0 Å². The molecule has 3 aromatic rings. The Kier molecular flexibility index (Phi) is 6.02. The van der Waals surface area contributed by atoms with Crippen LogP contribution >= 0.6 is 18.9 Å². The van der Waals surface area contributed by atoms with Gasteiger partial charge in [-0.05, 0) is 31.0 Å². The average molecular weight is 375 g/mol. The molecule has 2 aromatic carbocycles. The van der Waals surface area contributed by atoms with Crippen molar-refractivity contribution in [3.63, 3.8) is 0 Å². The van der Waals surface area contributed by atoms with Crippen LogP contribution in [0.3, 0.4) is 0 Å². The Morgan fingerprint density at radius 3 is 2.48 bits per heavy atom. The summed E-state index contributed by atoms with van der Waals surface area (Å²) in [6.07, 6.45) is 1.11. The Morgan fingerprint density at radius 1 is 1.04 bits per heavy atom. The maximum absolute atomic E-state index is 12.8. The Labute approximate surface area is 152 Å². The lowest BCUT2D eigenvalue weighted by molar-refractivity contribution is 0.211. The number of aromatic nitrogens is 1. The van der Waals surface area contributed by atoms with Gasteiger partial charge in [0.15, 0.2) is 0 Å². The molecule has 132 valence electrons. The fourth-order valence-electron chi connectivity index (χ4n) is 2.53. The number of benzene rings is 2. The standard InChI is InChI=1S/C19H22NO3PS/c1-3-13-23-24(21,22-4-2)14-15-9-11-16(12-10-15)19-20-17-7-5-6-8-18(17)25-19/h5-12H,3-4,13-14H2,1-2H3. The highest BCUT2D eigenvalue weighted by molar-refractivity contribution is 7.53. The summed E-state index contributed by atoms with van der Waals surface area (Å²) in [5, 5.41) is 0.989. The minimum atomic E-state index is -3.08. The summed E-state index contributed by atoms with van der Waals surface area (Å²) in [5.41, 5.74) is 3.02. The lowest BCUT2D eigenvalue weighted by atomic mass is 10.2. The first-order chi connectivity index (χ1) is 12.1. The molecule has 25 heavy (non-hydrogen) atoms. The van der Waals surface area contributed by atoms with Gasteiger partial charge in [0.1, 0.15) is 5.01 Å². The van der Waals surface area contributed by atoms with Crippen LogP contribution in [0.4, 0.5) is 0 Å². The van der Waals surface area contributed by atoms with E-state index in [0.717, 1.165) is 28.1 Å². The Hall–Kier alpha value is -1.52. The van der Waals surface area contributed by atoms with Gasteiger partial charge >= 0.3 is 7.60 Å². The average Bonchev–Trinajstić information content (AvgIpc) is 3.05. The number of rotatable bonds is 8. The molecule has 0 saturated carbocycles. The molecule has 0 radical (unpaired) electrons. The summed E-state index contributed by atoms with van der Waals surface area (Å²) < 4.78 is 24.8. The van der Waals surface area contributed by atoms with Gasteiger partial charge in [0.25, 0.3) is 0 Å². The van der Waals surface area contributed by atoms with Crippen molar-refractivity contribution in [1.29, 1.82) is 0 Å². The van der Waals surface area contributed by atoms with Crippen molar-refractivity contribution in [3.8, 4) is 10.6 Å². The molecule has 4 nitrogen and oxygen atoms in total. The topological polar surface area (TPSA) is 48.4 Å². The summed E-state index contributed by atoms with van der Waals surface area (Å²) in [7, 11) is -3.08. The molecule has 0 aliphatic heterocycles. The molecule has 1 atom stereocenters. The molecule has 0 amide bonds. The molecule has 1 aromatic heterocycles. The van der Waals surface area contributed by atoms with Crippen molar-refractivity contribution in [1.82, 2.24) is 4.98 Å². The molecule has 0 N–H and O–H groups in total. The lowest BCUT2D eigenvalue weighted by Crippen LogP contribution is -2.00. The third-order valence-corrected chi connectivity index (χ3v) is 6.75. The van der Waals surface area contributed by atoms with Crippen molar-refractivity contribution in [2.45, 2.75) is 26.4 Å². The molecular weight excluding hydrogens is 353 g/mol. The number of nitrogens with zero attached hydrogens (tertiary/aromatic N) is 1. The zero-order valence-electron chi connectivity index (χ0n) is 14.5. The van der Waals surface area contributed by atoms with Crippen LogP contribution in [0.1, 0.15) is 25.8 Å². The number of fused-ring (bicyclic) bond motifs is 1. The van der Waals surface area contributed by atoms with Crippen molar-refractivity contribution in [3.05, 3.63) is 54.1 Å². The lowest BCUT2D eigenvalue weighted by Gasteiger charge is -2.17. The van der Waals surface area contributed by atoms with Crippen LogP contribution in [0.25, 0.3) is 20.8 Å². The molecule has 6 heteroatoms. The van der Waals surface area contributed by atoms with Crippen molar-refractivity contribution < 1.29 is 13.6 Å². The van der Waals surface area contributed by atoms with Crippen LogP contribution in [0.5, 0.6) is 0 Å². The maximum atomic E-state index is 12.8. The largest absolute Gasteiger partial charge is 0.335 e. The number of hydrogen-bond donors (Lipinski definition) is 0. The third kappa shape index (κ3) is 4.56. The molecule has 0 saturated heterocycles. The van der Waals surface area contributed by atoms with E-state index in [9.17, 15) is 4.57 Å². The van der Waals surface area contributed by atoms with E-state index in [1.165, 1.54) is 4.70 Å². The Bertz CT molecular complexity index is 843. The zero-order valence-corrected chi connectivity index (χ0v) is 16.2. The van der Waals surface area contributed by atoms with Crippen molar-refractivity contribution >= 4 is 29.1 Å². The van der Waals surface area contributed by atoms with E-state index in [2.05, 4.69) is 11.1 Å². The van der Waals surface area contributed by atoms with E-state index in [0.29, 0.717) is 19.4 Å². The highest BCUT2D eigenvalue weighted by atomic mass is 32.1. The first-order valence-electron chi connectivity index (χ1n) is 8.46. The monoisotopic (exact) mass is 375 g/mol. The quantitative estimate of drug-likeness (QED) is 0.445. The van der Waals surface area contributed by atoms with Gasteiger partial charge in [-0.25, -0.2) is 4.98 Å². The van der Waals surface area contributed by atoms with Gasteiger partial charge in [-0.3, -0.25) is 4.57 Å². The highest BCUT2D eigenvalue weighted by Gasteiger charge is 2.24. The van der Waals surface area contributed by atoms with E-state index in [-0.39, 0.29) is 0 Å². The maximum Gasteiger partial charge on any atom is 0.335 e. The van der Waals surface area contributed by atoms with Crippen molar-refractivity contribution in [2.75, 3.05) is 13.2 Å². The fraction of sp³-hybridized carbons (Fsp3) is 0.316. The smallest absolute Gasteiger partial charge is 0.309 e. The second-order valence-corrected chi connectivity index (χ2v) is 8.79. The van der Waals surface area contributed by atoms with E-state index < -0.39 is 7.60 Å². The summed E-state index contributed by atoms with van der Waals surface area (Å²) >= 11 is 1.67. The van der Waals surface area contributed by atoms with Gasteiger partial charge < -0.3 is 9.05 Å². The zero-order chi connectivity index (χ0) is 17.7. The molecular formula is C19H22NO3PS. The Balaban J connectivity index is 1.78. The minimum Gasteiger partial charge on any atom is -0.309 e. The van der Waals surface area contributed by atoms with Crippen molar-refractivity contribution in [2.24, 2.45) is 0 Å². The van der Waals surface area contributed by atoms with Crippen LogP contribution in [0.2, 0.25) is 0 Å². The van der Waals surface area contributed by atoms with Gasteiger partial charge in [-0.1, -0.05) is 43.3 Å². The van der Waals surface area contributed by atoms with Crippen LogP contribution in [-0.2, 0) is 19.8 Å². The predicted molar refractivity (Wildman–Crippen MR) is 104 cm³/mol. The fourth-order valence-corrected chi connectivity index (χ4v) is 5.27. The van der Waals surface area contributed by atoms with Gasteiger partial charge in [0.2, 0.25) is 0 Å². The molecule has 0 aliphatic rings. The van der Waals surface area contributed by atoms with Gasteiger partial charge in [0.05, 0.1) is 29.6 Å². The van der Waals surface area contributed by atoms with Crippen LogP contribution < -0.4 is 0 Å². The summed E-state index contributed by atoms with van der Waals surface area (Å²) in [4.78, 5) is 4.67. The first-order valence-corrected chi connectivity index (χ1v) is 11.0. The SMILES string of the molecule is CCCOP(=O)(Cc1ccc(-c2nc3ccccc3s2)cc1)OCC. The molecule has 0 aliphatic carbocycles. The van der Waals surface area contributed by atoms with Crippen LogP contribution in [0.15, 0.2) is 48.5 Å². The second kappa shape index (κ2) is 8.24. The number of hydrogen-bond acceptors (Lipinski definition) is 5. The molecule has 1 unspecified atom stereocenters. The minimum absolute atomic E-state index is 0.293. The molecule has 0 bridgehead atoms. The van der Waals surface area contributed by atoms with E-state index >= 15 is 0 Å². The van der Waals surface area contributed by atoms with E-state index in [1.807, 2.05) is 56.3 Å². The Morgan fingerprint density at radius 2 is 1.80 bits per heavy atom. The van der Waals surface area contributed by atoms with Gasteiger partial charge in [0, 0.05) is 5.56 Å². The number of para-hydroxylation sites is 1. The second-order valence-electron chi connectivity index (χ2n) is 5.70. The molecule has 1 heterocycles. The number of thiazole rings is 1. The molecule has 0 spiro atoms. The van der Waals surface area contributed by atoms with Gasteiger partial charge in [-0.2, -0.15) is 0 Å².